The molecule has 180 valence electrons. The van der Waals surface area contributed by atoms with E-state index in [4.69, 9.17) is 0 Å². The van der Waals surface area contributed by atoms with Crippen molar-refractivity contribution in [1.82, 2.24) is 29.1 Å². The minimum absolute atomic E-state index is 0.0975. The smallest absolute Gasteiger partial charge is 0.259 e. The summed E-state index contributed by atoms with van der Waals surface area (Å²) in [5, 5.41) is 4.45. The van der Waals surface area contributed by atoms with Crippen molar-refractivity contribution < 1.29 is 4.79 Å². The summed E-state index contributed by atoms with van der Waals surface area (Å²) in [6, 6.07) is 10.3. The van der Waals surface area contributed by atoms with E-state index in [0.717, 1.165) is 75.3 Å². The second kappa shape index (κ2) is 9.62. The van der Waals surface area contributed by atoms with Crippen LogP contribution in [-0.2, 0) is 7.05 Å². The quantitative estimate of drug-likeness (QED) is 0.585. The molecule has 8 heteroatoms. The van der Waals surface area contributed by atoms with Gasteiger partial charge in [-0.25, -0.2) is 4.98 Å². The average molecular weight is 462 g/mol. The molecule has 0 saturated carbocycles. The number of nitrogens with zero attached hydrogens (tertiary/aromatic N) is 7. The summed E-state index contributed by atoms with van der Waals surface area (Å²) < 4.78 is 3.94. The maximum atomic E-state index is 13.6. The number of aryl methyl sites for hydroxylation is 3. The number of anilines is 1. The number of likely N-dealkylation sites (tertiary alicyclic amines) is 1. The van der Waals surface area contributed by atoms with Gasteiger partial charge in [0.25, 0.3) is 5.91 Å². The molecule has 34 heavy (non-hydrogen) atoms. The van der Waals surface area contributed by atoms with Crippen LogP contribution in [0.15, 0.2) is 42.7 Å². The van der Waals surface area contributed by atoms with Crippen molar-refractivity contribution in [3.63, 3.8) is 0 Å². The van der Waals surface area contributed by atoms with Crippen molar-refractivity contribution in [3.05, 3.63) is 59.7 Å². The van der Waals surface area contributed by atoms with E-state index in [1.807, 2.05) is 28.9 Å². The van der Waals surface area contributed by atoms with Gasteiger partial charge in [-0.2, -0.15) is 5.10 Å². The molecule has 0 aromatic carbocycles. The lowest BCUT2D eigenvalue weighted by Gasteiger charge is -2.39. The van der Waals surface area contributed by atoms with Crippen LogP contribution in [0.25, 0.3) is 5.82 Å². The van der Waals surface area contributed by atoms with Crippen molar-refractivity contribution in [2.45, 2.75) is 26.7 Å². The van der Waals surface area contributed by atoms with Gasteiger partial charge in [0, 0.05) is 70.4 Å². The molecule has 1 amide bonds. The van der Waals surface area contributed by atoms with Crippen LogP contribution in [0, 0.1) is 19.8 Å². The summed E-state index contributed by atoms with van der Waals surface area (Å²) in [5.41, 5.74) is 2.91. The first-order valence-corrected chi connectivity index (χ1v) is 12.4. The number of aromatic nitrogens is 4. The Kier molecular flexibility index (Phi) is 6.41. The zero-order valence-electron chi connectivity index (χ0n) is 20.5. The van der Waals surface area contributed by atoms with Crippen LogP contribution in [0.5, 0.6) is 0 Å². The molecule has 0 radical (unpaired) electrons. The summed E-state index contributed by atoms with van der Waals surface area (Å²) in [6.45, 7) is 10.9. The number of piperidine rings is 1. The molecule has 8 nitrogen and oxygen atoms in total. The van der Waals surface area contributed by atoms with Crippen LogP contribution >= 0.6 is 0 Å². The fourth-order valence-electron chi connectivity index (χ4n) is 5.48. The molecular formula is C26H35N7O. The van der Waals surface area contributed by atoms with Gasteiger partial charge in [-0.15, -0.1) is 0 Å². The Balaban J connectivity index is 1.22. The number of amides is 1. The van der Waals surface area contributed by atoms with Crippen LogP contribution < -0.4 is 4.90 Å². The summed E-state index contributed by atoms with van der Waals surface area (Å²) in [6.07, 6.45) is 5.83. The SMILES string of the molecule is Cc1ccc(C)n1-c1c(C(=O)N2CCCC(CN3CCN(c4ccccn4)CC3)C2)cnn1C. The molecule has 0 aliphatic carbocycles. The highest BCUT2D eigenvalue weighted by Crippen LogP contribution is 2.25. The van der Waals surface area contributed by atoms with E-state index < -0.39 is 0 Å². The average Bonchev–Trinajstić information content (AvgIpc) is 3.40. The largest absolute Gasteiger partial charge is 0.354 e. The molecule has 3 aromatic heterocycles. The third kappa shape index (κ3) is 4.46. The number of rotatable bonds is 5. The van der Waals surface area contributed by atoms with Crippen molar-refractivity contribution in [2.24, 2.45) is 13.0 Å². The highest BCUT2D eigenvalue weighted by molar-refractivity contribution is 5.97. The van der Waals surface area contributed by atoms with Gasteiger partial charge in [0.1, 0.15) is 17.2 Å². The van der Waals surface area contributed by atoms with Crippen LogP contribution in [0.3, 0.4) is 0 Å². The van der Waals surface area contributed by atoms with Crippen molar-refractivity contribution in [1.29, 1.82) is 0 Å². The monoisotopic (exact) mass is 461 g/mol. The molecule has 5 heterocycles. The topological polar surface area (TPSA) is 62.4 Å². The minimum atomic E-state index is 0.0975. The molecule has 2 saturated heterocycles. The van der Waals surface area contributed by atoms with Gasteiger partial charge in [0.15, 0.2) is 0 Å². The zero-order valence-corrected chi connectivity index (χ0v) is 20.5. The highest BCUT2D eigenvalue weighted by Gasteiger charge is 2.30. The van der Waals surface area contributed by atoms with E-state index >= 15 is 0 Å². The van der Waals surface area contributed by atoms with Crippen LogP contribution in [0.2, 0.25) is 0 Å². The lowest BCUT2D eigenvalue weighted by molar-refractivity contribution is 0.0637. The first-order valence-electron chi connectivity index (χ1n) is 12.4. The van der Waals surface area contributed by atoms with Gasteiger partial charge in [-0.3, -0.25) is 14.4 Å². The van der Waals surface area contributed by atoms with Crippen LogP contribution in [-0.4, -0.2) is 80.9 Å². The predicted octanol–water partition coefficient (Wildman–Crippen LogP) is 2.90. The second-order valence-corrected chi connectivity index (χ2v) is 9.69. The number of hydrogen-bond donors (Lipinski definition) is 0. The summed E-state index contributed by atoms with van der Waals surface area (Å²) in [4.78, 5) is 25.1. The van der Waals surface area contributed by atoms with Crippen molar-refractivity contribution in [2.75, 3.05) is 50.7 Å². The molecule has 0 N–H and O–H groups in total. The lowest BCUT2D eigenvalue weighted by Crippen LogP contribution is -2.50. The number of piperazine rings is 1. The molecule has 2 fully saturated rings. The standard InChI is InChI=1S/C26H35N7O/c1-20-9-10-21(2)33(20)25-23(17-28-29(25)3)26(34)32-12-6-7-22(19-32)18-30-13-15-31(16-14-30)24-8-4-5-11-27-24/h4-5,8-11,17,22H,6-7,12-16,18-19H2,1-3H3. The molecule has 1 atom stereocenters. The molecule has 3 aromatic rings. The Morgan fingerprint density at radius 3 is 2.50 bits per heavy atom. The minimum Gasteiger partial charge on any atom is -0.354 e. The molecule has 1 unspecified atom stereocenters. The van der Waals surface area contributed by atoms with Crippen molar-refractivity contribution in [3.8, 4) is 5.82 Å². The van der Waals surface area contributed by atoms with Gasteiger partial charge in [-0.05, 0) is 56.9 Å². The zero-order chi connectivity index (χ0) is 23.7. The van der Waals surface area contributed by atoms with E-state index in [9.17, 15) is 4.79 Å². The Bertz CT molecular complexity index is 1110. The van der Waals surface area contributed by atoms with E-state index in [1.54, 1.807) is 6.20 Å². The molecule has 2 aliphatic rings. The maximum Gasteiger partial charge on any atom is 0.259 e. The maximum absolute atomic E-state index is 13.6. The first kappa shape index (κ1) is 22.7. The number of carbonyl (C=O) groups excluding carboxylic acids is 1. The van der Waals surface area contributed by atoms with Gasteiger partial charge in [-0.1, -0.05) is 6.07 Å². The fourth-order valence-corrected chi connectivity index (χ4v) is 5.48. The Hall–Kier alpha value is -3.13. The van der Waals surface area contributed by atoms with E-state index in [-0.39, 0.29) is 5.91 Å². The first-order chi connectivity index (χ1) is 16.5. The van der Waals surface area contributed by atoms with E-state index in [1.165, 1.54) is 6.42 Å². The fraction of sp³-hybridized carbons (Fsp3) is 0.500. The van der Waals surface area contributed by atoms with Crippen LogP contribution in [0.1, 0.15) is 34.6 Å². The lowest BCUT2D eigenvalue weighted by atomic mass is 9.96. The molecule has 2 aliphatic heterocycles. The Morgan fingerprint density at radius 1 is 1.03 bits per heavy atom. The third-order valence-electron chi connectivity index (χ3n) is 7.29. The number of carbonyl (C=O) groups is 1. The molecular weight excluding hydrogens is 426 g/mol. The van der Waals surface area contributed by atoms with Crippen molar-refractivity contribution >= 4 is 11.7 Å². The van der Waals surface area contributed by atoms with E-state index in [2.05, 4.69) is 62.6 Å². The molecule has 5 rings (SSSR count). The number of pyridine rings is 1. The molecule has 0 spiro atoms. The number of hydrogen-bond acceptors (Lipinski definition) is 5. The summed E-state index contributed by atoms with van der Waals surface area (Å²) >= 11 is 0. The van der Waals surface area contributed by atoms with E-state index in [0.29, 0.717) is 11.5 Å². The highest BCUT2D eigenvalue weighted by atomic mass is 16.2. The molecule has 0 bridgehead atoms. The summed E-state index contributed by atoms with van der Waals surface area (Å²) in [5.74, 6) is 2.53. The predicted molar refractivity (Wildman–Crippen MR) is 134 cm³/mol. The van der Waals surface area contributed by atoms with Crippen LogP contribution in [0.4, 0.5) is 5.82 Å². The normalized spacial score (nSPS) is 19.6. The Labute approximate surface area is 201 Å². The van der Waals surface area contributed by atoms with Gasteiger partial charge in [0.2, 0.25) is 0 Å². The second-order valence-electron chi connectivity index (χ2n) is 9.69. The third-order valence-corrected chi connectivity index (χ3v) is 7.29. The Morgan fingerprint density at radius 2 is 1.79 bits per heavy atom. The van der Waals surface area contributed by atoms with Gasteiger partial charge in [0.05, 0.1) is 6.20 Å². The summed E-state index contributed by atoms with van der Waals surface area (Å²) in [7, 11) is 1.91. The van der Waals surface area contributed by atoms with Gasteiger partial charge >= 0.3 is 0 Å². The van der Waals surface area contributed by atoms with Gasteiger partial charge < -0.3 is 14.4 Å².